The molecule has 2 N–H and O–H groups in total. The van der Waals surface area contributed by atoms with Crippen molar-refractivity contribution in [2.24, 2.45) is 11.8 Å². The molecule has 1 saturated carbocycles. The third-order valence-electron chi connectivity index (χ3n) is 4.54. The van der Waals surface area contributed by atoms with Gasteiger partial charge in [-0.25, -0.2) is 0 Å². The number of carbonyl (C=O) groups is 3. The SMILES string of the molecule is C=CCN(CC=C)C(=O)c1ccc(NC(=O)[C@H]2CC[C@@H](C(=O)O)C2)cc1. The highest BCUT2D eigenvalue weighted by atomic mass is 16.4. The molecule has 1 aliphatic carbocycles. The minimum Gasteiger partial charge on any atom is -0.481 e. The van der Waals surface area contributed by atoms with Crippen molar-refractivity contribution in [2.45, 2.75) is 19.3 Å². The van der Waals surface area contributed by atoms with Gasteiger partial charge in [-0.2, -0.15) is 0 Å². The molecule has 1 aliphatic rings. The summed E-state index contributed by atoms with van der Waals surface area (Å²) in [5.41, 5.74) is 1.10. The van der Waals surface area contributed by atoms with Crippen molar-refractivity contribution in [1.29, 1.82) is 0 Å². The van der Waals surface area contributed by atoms with Gasteiger partial charge in [0, 0.05) is 30.3 Å². The van der Waals surface area contributed by atoms with Crippen LogP contribution in [-0.4, -0.2) is 40.9 Å². The van der Waals surface area contributed by atoms with E-state index in [9.17, 15) is 14.4 Å². The number of carboxylic acid groups (broad SMARTS) is 1. The van der Waals surface area contributed by atoms with Crippen LogP contribution in [0.4, 0.5) is 5.69 Å². The van der Waals surface area contributed by atoms with E-state index in [1.54, 1.807) is 41.3 Å². The monoisotopic (exact) mass is 356 g/mol. The molecular weight excluding hydrogens is 332 g/mol. The van der Waals surface area contributed by atoms with Crippen LogP contribution in [0.15, 0.2) is 49.6 Å². The van der Waals surface area contributed by atoms with E-state index in [1.165, 1.54) is 0 Å². The summed E-state index contributed by atoms with van der Waals surface area (Å²) in [5.74, 6) is -1.87. The largest absolute Gasteiger partial charge is 0.481 e. The third-order valence-corrected chi connectivity index (χ3v) is 4.54. The van der Waals surface area contributed by atoms with Crippen molar-refractivity contribution < 1.29 is 19.5 Å². The minimum absolute atomic E-state index is 0.136. The molecule has 0 unspecified atom stereocenters. The van der Waals surface area contributed by atoms with Gasteiger partial charge >= 0.3 is 5.97 Å². The second kappa shape index (κ2) is 8.99. The molecule has 0 spiro atoms. The Morgan fingerprint density at radius 2 is 1.65 bits per heavy atom. The van der Waals surface area contributed by atoms with Crippen molar-refractivity contribution in [1.82, 2.24) is 4.90 Å². The lowest BCUT2D eigenvalue weighted by atomic mass is 10.0. The molecule has 26 heavy (non-hydrogen) atoms. The number of benzene rings is 1. The van der Waals surface area contributed by atoms with E-state index in [2.05, 4.69) is 18.5 Å². The topological polar surface area (TPSA) is 86.7 Å². The van der Waals surface area contributed by atoms with Crippen LogP contribution in [0.5, 0.6) is 0 Å². The lowest BCUT2D eigenvalue weighted by Gasteiger charge is -2.19. The summed E-state index contributed by atoms with van der Waals surface area (Å²) in [5, 5.41) is 11.8. The van der Waals surface area contributed by atoms with Crippen molar-refractivity contribution in [3.8, 4) is 0 Å². The molecule has 138 valence electrons. The molecule has 2 atom stereocenters. The van der Waals surface area contributed by atoms with Crippen molar-refractivity contribution in [3.63, 3.8) is 0 Å². The first kappa shape index (κ1) is 19.4. The molecule has 0 aromatic heterocycles. The summed E-state index contributed by atoms with van der Waals surface area (Å²) >= 11 is 0. The Bertz CT molecular complexity index is 686. The molecule has 1 aromatic rings. The van der Waals surface area contributed by atoms with Crippen LogP contribution in [-0.2, 0) is 9.59 Å². The molecule has 0 radical (unpaired) electrons. The zero-order valence-electron chi connectivity index (χ0n) is 14.7. The predicted octanol–water partition coefficient (Wildman–Crippen LogP) is 2.94. The number of anilines is 1. The van der Waals surface area contributed by atoms with E-state index >= 15 is 0 Å². The van der Waals surface area contributed by atoms with Gasteiger partial charge in [-0.3, -0.25) is 14.4 Å². The van der Waals surface area contributed by atoms with Gasteiger partial charge in [0.15, 0.2) is 0 Å². The number of hydrogen-bond donors (Lipinski definition) is 2. The number of aliphatic carboxylic acids is 1. The van der Waals surface area contributed by atoms with Gasteiger partial charge in [0.2, 0.25) is 5.91 Å². The van der Waals surface area contributed by atoms with Crippen LogP contribution >= 0.6 is 0 Å². The average Bonchev–Trinajstić information content (AvgIpc) is 3.12. The summed E-state index contributed by atoms with van der Waals surface area (Å²) in [6.07, 6.45) is 4.79. The van der Waals surface area contributed by atoms with Crippen LogP contribution in [0.2, 0.25) is 0 Å². The fraction of sp³-hybridized carbons (Fsp3) is 0.350. The molecule has 0 aliphatic heterocycles. The summed E-state index contributed by atoms with van der Waals surface area (Å²) in [6, 6.07) is 6.67. The third kappa shape index (κ3) is 4.81. The van der Waals surface area contributed by atoms with E-state index in [-0.39, 0.29) is 17.7 Å². The molecule has 0 heterocycles. The highest BCUT2D eigenvalue weighted by Gasteiger charge is 2.33. The highest BCUT2D eigenvalue weighted by Crippen LogP contribution is 2.31. The first-order valence-corrected chi connectivity index (χ1v) is 8.61. The predicted molar refractivity (Wildman–Crippen MR) is 99.8 cm³/mol. The Balaban J connectivity index is 1.97. The summed E-state index contributed by atoms with van der Waals surface area (Å²) in [4.78, 5) is 37.3. The second-order valence-electron chi connectivity index (χ2n) is 6.40. The van der Waals surface area contributed by atoms with Gasteiger partial charge in [0.05, 0.1) is 5.92 Å². The van der Waals surface area contributed by atoms with E-state index in [0.717, 1.165) is 0 Å². The maximum absolute atomic E-state index is 12.5. The number of nitrogens with zero attached hydrogens (tertiary/aromatic N) is 1. The summed E-state index contributed by atoms with van der Waals surface area (Å²) in [7, 11) is 0. The van der Waals surface area contributed by atoms with Gasteiger partial charge in [-0.15, -0.1) is 13.2 Å². The fourth-order valence-electron chi connectivity index (χ4n) is 3.12. The van der Waals surface area contributed by atoms with Crippen molar-refractivity contribution >= 4 is 23.5 Å². The lowest BCUT2D eigenvalue weighted by Crippen LogP contribution is -2.31. The normalized spacial score (nSPS) is 18.8. The Morgan fingerprint density at radius 1 is 1.08 bits per heavy atom. The number of carbonyl (C=O) groups excluding carboxylic acids is 2. The van der Waals surface area contributed by atoms with Crippen LogP contribution in [0.1, 0.15) is 29.6 Å². The lowest BCUT2D eigenvalue weighted by molar-refractivity contribution is -0.141. The molecule has 6 heteroatoms. The summed E-state index contributed by atoms with van der Waals surface area (Å²) < 4.78 is 0. The summed E-state index contributed by atoms with van der Waals surface area (Å²) in [6.45, 7) is 8.15. The highest BCUT2D eigenvalue weighted by molar-refractivity contribution is 5.96. The smallest absolute Gasteiger partial charge is 0.306 e. The average molecular weight is 356 g/mol. The van der Waals surface area contributed by atoms with Gasteiger partial charge < -0.3 is 15.3 Å². The number of rotatable bonds is 8. The molecule has 2 amide bonds. The maximum atomic E-state index is 12.5. The Labute approximate surface area is 153 Å². The maximum Gasteiger partial charge on any atom is 0.306 e. The van der Waals surface area contributed by atoms with E-state index in [0.29, 0.717) is 43.6 Å². The van der Waals surface area contributed by atoms with Crippen LogP contribution < -0.4 is 5.32 Å². The van der Waals surface area contributed by atoms with Crippen molar-refractivity contribution in [2.75, 3.05) is 18.4 Å². The molecule has 2 rings (SSSR count). The molecule has 0 bridgehead atoms. The van der Waals surface area contributed by atoms with Gasteiger partial charge in [0.1, 0.15) is 0 Å². The Kier molecular flexibility index (Phi) is 6.72. The zero-order valence-corrected chi connectivity index (χ0v) is 14.7. The number of nitrogens with one attached hydrogen (secondary N) is 1. The van der Waals surface area contributed by atoms with Crippen LogP contribution in [0, 0.1) is 11.8 Å². The Morgan fingerprint density at radius 3 is 2.15 bits per heavy atom. The minimum atomic E-state index is -0.841. The first-order chi connectivity index (χ1) is 12.5. The van der Waals surface area contributed by atoms with Gasteiger partial charge in [-0.05, 0) is 43.5 Å². The van der Waals surface area contributed by atoms with Crippen LogP contribution in [0.3, 0.4) is 0 Å². The van der Waals surface area contributed by atoms with E-state index < -0.39 is 11.9 Å². The van der Waals surface area contributed by atoms with E-state index in [1.807, 2.05) is 0 Å². The number of hydrogen-bond acceptors (Lipinski definition) is 3. The quantitative estimate of drug-likeness (QED) is 0.701. The van der Waals surface area contributed by atoms with Crippen molar-refractivity contribution in [3.05, 3.63) is 55.1 Å². The fourth-order valence-corrected chi connectivity index (χ4v) is 3.12. The molecule has 0 saturated heterocycles. The van der Waals surface area contributed by atoms with Crippen LogP contribution in [0.25, 0.3) is 0 Å². The standard InChI is InChI=1S/C20H24N2O4/c1-3-11-22(12-4-2)19(24)14-7-9-17(10-8-14)21-18(23)15-5-6-16(13-15)20(25)26/h3-4,7-10,15-16H,1-2,5-6,11-13H2,(H,21,23)(H,25,26)/t15-,16+/m0/s1. The Hall–Kier alpha value is -2.89. The number of carboxylic acids is 1. The molecule has 1 aromatic carbocycles. The zero-order chi connectivity index (χ0) is 19.1. The second-order valence-corrected chi connectivity index (χ2v) is 6.40. The van der Waals surface area contributed by atoms with Gasteiger partial charge in [-0.1, -0.05) is 12.2 Å². The first-order valence-electron chi connectivity index (χ1n) is 8.61. The molecule has 1 fully saturated rings. The molecule has 6 nitrogen and oxygen atoms in total. The van der Waals surface area contributed by atoms with E-state index in [4.69, 9.17) is 5.11 Å². The molecular formula is C20H24N2O4. The number of amides is 2. The van der Waals surface area contributed by atoms with Gasteiger partial charge in [0.25, 0.3) is 5.91 Å².